The maximum absolute atomic E-state index is 12.2. The lowest BCUT2D eigenvalue weighted by Crippen LogP contribution is -2.38. The first-order valence-corrected chi connectivity index (χ1v) is 10.1. The van der Waals surface area contributed by atoms with Crippen LogP contribution in [-0.4, -0.2) is 55.5 Å². The van der Waals surface area contributed by atoms with Crippen LogP contribution in [0.25, 0.3) is 0 Å². The number of nitrogens with one attached hydrogen (secondary N) is 2. The van der Waals surface area contributed by atoms with Crippen molar-refractivity contribution < 1.29 is 23.4 Å². The normalized spacial score (nSPS) is 13.9. The van der Waals surface area contributed by atoms with Crippen LogP contribution in [0.2, 0.25) is 0 Å². The fraction of sp³-hybridized carbons (Fsp3) is 0.316. The Morgan fingerprint density at radius 3 is 2.39 bits per heavy atom. The number of aromatic hydroxyl groups is 1. The van der Waals surface area contributed by atoms with Gasteiger partial charge in [-0.3, -0.25) is 4.79 Å². The van der Waals surface area contributed by atoms with E-state index >= 15 is 0 Å². The maximum Gasteiger partial charge on any atom is 0.242 e. The minimum absolute atomic E-state index is 0.0685. The number of hydrogen-bond acceptors (Lipinski definition) is 6. The number of benzene rings is 2. The molecule has 28 heavy (non-hydrogen) atoms. The molecule has 0 radical (unpaired) electrons. The van der Waals surface area contributed by atoms with E-state index in [9.17, 15) is 23.4 Å². The van der Waals surface area contributed by atoms with Crippen molar-refractivity contribution >= 4 is 21.6 Å². The number of carbonyl (C=O) groups is 1. The van der Waals surface area contributed by atoms with Crippen LogP contribution in [0.5, 0.6) is 5.75 Å². The van der Waals surface area contributed by atoms with Gasteiger partial charge in [-0.15, -0.1) is 0 Å². The first kappa shape index (κ1) is 21.8. The molecule has 0 spiro atoms. The van der Waals surface area contributed by atoms with E-state index in [1.165, 1.54) is 38.4 Å². The fourth-order valence-corrected chi connectivity index (χ4v) is 3.42. The molecule has 0 aliphatic rings. The van der Waals surface area contributed by atoms with Crippen molar-refractivity contribution in [2.45, 2.75) is 24.0 Å². The van der Waals surface area contributed by atoms with E-state index in [1.54, 1.807) is 31.2 Å². The first-order chi connectivity index (χ1) is 13.1. The molecule has 2 aromatic carbocycles. The van der Waals surface area contributed by atoms with Crippen molar-refractivity contribution in [3.8, 4) is 5.75 Å². The van der Waals surface area contributed by atoms with Gasteiger partial charge in [0, 0.05) is 25.8 Å². The number of phenols is 1. The molecule has 0 bridgehead atoms. The van der Waals surface area contributed by atoms with Crippen LogP contribution in [0.3, 0.4) is 0 Å². The summed E-state index contributed by atoms with van der Waals surface area (Å²) in [5.74, 6) is -0.265. The molecule has 9 heteroatoms. The Labute approximate surface area is 164 Å². The zero-order valence-electron chi connectivity index (χ0n) is 16.0. The highest BCUT2D eigenvalue weighted by molar-refractivity contribution is 7.89. The van der Waals surface area contributed by atoms with Crippen LogP contribution in [-0.2, 0) is 14.8 Å². The summed E-state index contributed by atoms with van der Waals surface area (Å²) in [6, 6.07) is 11.7. The Kier molecular flexibility index (Phi) is 7.14. The molecule has 2 atom stereocenters. The predicted molar refractivity (Wildman–Crippen MR) is 106 cm³/mol. The molecular formula is C19H25N3O5S. The average molecular weight is 407 g/mol. The number of rotatable bonds is 8. The van der Waals surface area contributed by atoms with Gasteiger partial charge in [-0.05, 0) is 42.8 Å². The minimum atomic E-state index is -3.59. The highest BCUT2D eigenvalue weighted by Gasteiger charge is 2.19. The molecule has 0 aromatic heterocycles. The quantitative estimate of drug-likeness (QED) is 0.524. The lowest BCUT2D eigenvalue weighted by molar-refractivity contribution is -0.115. The second-order valence-electron chi connectivity index (χ2n) is 6.57. The molecule has 0 aliphatic heterocycles. The molecule has 2 aromatic rings. The van der Waals surface area contributed by atoms with E-state index in [-0.39, 0.29) is 23.1 Å². The van der Waals surface area contributed by atoms with Gasteiger partial charge in [-0.25, -0.2) is 12.7 Å². The number of nitrogens with zero attached hydrogens (tertiary/aromatic N) is 1. The van der Waals surface area contributed by atoms with Gasteiger partial charge in [-0.2, -0.15) is 0 Å². The van der Waals surface area contributed by atoms with Crippen molar-refractivity contribution in [2.24, 2.45) is 0 Å². The van der Waals surface area contributed by atoms with Crippen LogP contribution >= 0.6 is 0 Å². The van der Waals surface area contributed by atoms with Crippen LogP contribution in [0, 0.1) is 0 Å². The molecule has 1 amide bonds. The number of carbonyl (C=O) groups excluding carboxylic acids is 1. The third kappa shape index (κ3) is 5.52. The van der Waals surface area contributed by atoms with Crippen LogP contribution in [0.4, 0.5) is 5.69 Å². The van der Waals surface area contributed by atoms with E-state index in [2.05, 4.69) is 10.6 Å². The maximum atomic E-state index is 12.2. The number of aliphatic hydroxyl groups excluding tert-OH is 1. The average Bonchev–Trinajstić information content (AvgIpc) is 2.66. The molecule has 2 rings (SSSR count). The monoisotopic (exact) mass is 407 g/mol. The highest BCUT2D eigenvalue weighted by atomic mass is 32.2. The molecular weight excluding hydrogens is 382 g/mol. The first-order valence-electron chi connectivity index (χ1n) is 8.64. The van der Waals surface area contributed by atoms with Crippen molar-refractivity contribution in [3.05, 3.63) is 54.1 Å². The SMILES string of the molecule is C[C@@H](NCC(=O)Nc1cccc(S(=O)(=O)N(C)C)c1)[C@H](O)c1ccc(O)cc1. The molecule has 8 nitrogen and oxygen atoms in total. The van der Waals surface area contributed by atoms with E-state index in [0.717, 1.165) is 4.31 Å². The van der Waals surface area contributed by atoms with Gasteiger partial charge in [0.15, 0.2) is 0 Å². The fourth-order valence-electron chi connectivity index (χ4n) is 2.48. The summed E-state index contributed by atoms with van der Waals surface area (Å²) in [5.41, 5.74) is 0.973. The van der Waals surface area contributed by atoms with Gasteiger partial charge in [0.05, 0.1) is 17.5 Å². The number of sulfonamides is 1. The zero-order valence-corrected chi connectivity index (χ0v) is 16.8. The van der Waals surface area contributed by atoms with Crippen molar-refractivity contribution in [3.63, 3.8) is 0 Å². The summed E-state index contributed by atoms with van der Waals surface area (Å²) in [6.07, 6.45) is -0.859. The Bertz CT molecular complexity index is 913. The standard InChI is InChI=1S/C19H25N3O5S/c1-13(19(25)14-7-9-16(23)10-8-14)20-12-18(24)21-15-5-4-6-17(11-15)28(26,27)22(2)3/h4-11,13,19-20,23,25H,12H2,1-3H3,(H,21,24)/t13-,19+/m1/s1. The molecule has 152 valence electrons. The minimum Gasteiger partial charge on any atom is -0.508 e. The number of amides is 1. The van der Waals surface area contributed by atoms with Gasteiger partial charge in [0.1, 0.15) is 5.75 Å². The Morgan fingerprint density at radius 2 is 1.79 bits per heavy atom. The van der Waals surface area contributed by atoms with Crippen molar-refractivity contribution in [1.29, 1.82) is 0 Å². The number of hydrogen-bond donors (Lipinski definition) is 4. The highest BCUT2D eigenvalue weighted by Crippen LogP contribution is 2.20. The van der Waals surface area contributed by atoms with Gasteiger partial charge >= 0.3 is 0 Å². The molecule has 4 N–H and O–H groups in total. The third-order valence-electron chi connectivity index (χ3n) is 4.19. The molecule has 0 fully saturated rings. The molecule has 0 aliphatic carbocycles. The lowest BCUT2D eigenvalue weighted by atomic mass is 10.0. The Hall–Kier alpha value is -2.46. The third-order valence-corrected chi connectivity index (χ3v) is 6.00. The number of phenolic OH excluding ortho intramolecular Hbond substituents is 1. The van der Waals surface area contributed by atoms with E-state index < -0.39 is 22.2 Å². The number of anilines is 1. The van der Waals surface area contributed by atoms with Crippen molar-refractivity contribution in [1.82, 2.24) is 9.62 Å². The van der Waals surface area contributed by atoms with Gasteiger partial charge in [0.2, 0.25) is 15.9 Å². The second-order valence-corrected chi connectivity index (χ2v) is 8.72. The smallest absolute Gasteiger partial charge is 0.242 e. The van der Waals surface area contributed by atoms with Crippen LogP contribution in [0.15, 0.2) is 53.4 Å². The topological polar surface area (TPSA) is 119 Å². The molecule has 0 unspecified atom stereocenters. The van der Waals surface area contributed by atoms with Crippen LogP contribution < -0.4 is 10.6 Å². The second kappa shape index (κ2) is 9.16. The van der Waals surface area contributed by atoms with Gasteiger partial charge < -0.3 is 20.8 Å². The van der Waals surface area contributed by atoms with Crippen LogP contribution in [0.1, 0.15) is 18.6 Å². The Balaban J connectivity index is 1.94. The van der Waals surface area contributed by atoms with E-state index in [1.807, 2.05) is 0 Å². The van der Waals surface area contributed by atoms with E-state index in [0.29, 0.717) is 11.3 Å². The van der Waals surface area contributed by atoms with Crippen molar-refractivity contribution in [2.75, 3.05) is 26.0 Å². The summed E-state index contributed by atoms with van der Waals surface area (Å²) in [6.45, 7) is 1.66. The summed E-state index contributed by atoms with van der Waals surface area (Å²) in [4.78, 5) is 12.3. The van der Waals surface area contributed by atoms with E-state index in [4.69, 9.17) is 0 Å². The molecule has 0 saturated heterocycles. The summed E-state index contributed by atoms with van der Waals surface area (Å²) in [7, 11) is -0.719. The summed E-state index contributed by atoms with van der Waals surface area (Å²) in [5, 5.41) is 25.2. The predicted octanol–water partition coefficient (Wildman–Crippen LogP) is 1.29. The summed E-state index contributed by atoms with van der Waals surface area (Å²) < 4.78 is 25.4. The van der Waals surface area contributed by atoms with Gasteiger partial charge in [-0.1, -0.05) is 18.2 Å². The number of aliphatic hydroxyl groups is 1. The molecule has 0 heterocycles. The zero-order chi connectivity index (χ0) is 20.9. The Morgan fingerprint density at radius 1 is 1.14 bits per heavy atom. The molecule has 0 saturated carbocycles. The largest absolute Gasteiger partial charge is 0.508 e. The summed E-state index contributed by atoms with van der Waals surface area (Å²) >= 11 is 0. The van der Waals surface area contributed by atoms with Gasteiger partial charge in [0.25, 0.3) is 0 Å². The lowest BCUT2D eigenvalue weighted by Gasteiger charge is -2.20.